The number of carbonyl (C=O) groups excluding carboxylic acids is 2. The van der Waals surface area contributed by atoms with Gasteiger partial charge in [-0.2, -0.15) is 4.31 Å². The second-order valence-corrected chi connectivity index (χ2v) is 9.33. The number of anilines is 1. The van der Waals surface area contributed by atoms with E-state index in [0.29, 0.717) is 52.5 Å². The summed E-state index contributed by atoms with van der Waals surface area (Å²) in [5.41, 5.74) is 0.757. The van der Waals surface area contributed by atoms with Crippen molar-refractivity contribution in [3.05, 3.63) is 30.3 Å². The number of hydrogen-bond donors (Lipinski definition) is 2. The van der Waals surface area contributed by atoms with Gasteiger partial charge in [0.1, 0.15) is 0 Å². The molecule has 0 spiro atoms. The molecule has 30 heavy (non-hydrogen) atoms. The molecule has 1 aromatic rings. The van der Waals surface area contributed by atoms with Crippen molar-refractivity contribution in [2.45, 2.75) is 0 Å². The van der Waals surface area contributed by atoms with Crippen molar-refractivity contribution >= 4 is 27.6 Å². The van der Waals surface area contributed by atoms with E-state index in [2.05, 4.69) is 10.6 Å². The molecule has 0 aromatic heterocycles. The predicted molar refractivity (Wildman–Crippen MR) is 113 cm³/mol. The van der Waals surface area contributed by atoms with E-state index in [1.165, 1.54) is 4.31 Å². The molecule has 10 nitrogen and oxygen atoms in total. The number of benzene rings is 1. The summed E-state index contributed by atoms with van der Waals surface area (Å²) in [6, 6.07) is 9.00. The molecule has 2 fully saturated rings. The van der Waals surface area contributed by atoms with Crippen molar-refractivity contribution in [2.75, 3.05) is 76.6 Å². The third-order valence-electron chi connectivity index (χ3n) is 5.08. The minimum absolute atomic E-state index is 0.0677. The Bertz CT molecular complexity index is 806. The number of para-hydroxylation sites is 1. The monoisotopic (exact) mass is 439 g/mol. The Morgan fingerprint density at radius 3 is 2.30 bits per heavy atom. The Labute approximate surface area is 177 Å². The maximum Gasteiger partial charge on any atom is 0.317 e. The fourth-order valence-electron chi connectivity index (χ4n) is 3.39. The molecule has 2 aliphatic rings. The van der Waals surface area contributed by atoms with Crippen molar-refractivity contribution in [3.63, 3.8) is 0 Å². The number of rotatable bonds is 7. The van der Waals surface area contributed by atoms with E-state index in [1.807, 2.05) is 35.2 Å². The van der Waals surface area contributed by atoms with Crippen molar-refractivity contribution in [1.29, 1.82) is 0 Å². The number of ether oxygens (including phenoxy) is 1. The molecule has 0 bridgehead atoms. The Balaban J connectivity index is 1.34. The molecule has 0 saturated carbocycles. The average molecular weight is 440 g/mol. The minimum Gasteiger partial charge on any atom is -0.379 e. The number of nitrogens with zero attached hydrogens (tertiary/aromatic N) is 3. The van der Waals surface area contributed by atoms with Gasteiger partial charge in [-0.25, -0.2) is 13.2 Å². The lowest BCUT2D eigenvalue weighted by molar-refractivity contribution is -0.117. The molecular formula is C19H29N5O5S. The van der Waals surface area contributed by atoms with Crippen LogP contribution in [0.4, 0.5) is 10.5 Å². The summed E-state index contributed by atoms with van der Waals surface area (Å²) >= 11 is 0. The highest BCUT2D eigenvalue weighted by atomic mass is 32.2. The molecule has 2 N–H and O–H groups in total. The van der Waals surface area contributed by atoms with E-state index in [9.17, 15) is 18.0 Å². The van der Waals surface area contributed by atoms with Crippen molar-refractivity contribution < 1.29 is 22.7 Å². The summed E-state index contributed by atoms with van der Waals surface area (Å²) in [4.78, 5) is 28.1. The van der Waals surface area contributed by atoms with Crippen LogP contribution in [0.1, 0.15) is 0 Å². The molecule has 0 aliphatic carbocycles. The summed E-state index contributed by atoms with van der Waals surface area (Å²) < 4.78 is 31.1. The zero-order chi connectivity index (χ0) is 21.4. The number of morpholine rings is 1. The smallest absolute Gasteiger partial charge is 0.317 e. The summed E-state index contributed by atoms with van der Waals surface area (Å²) in [5, 5.41) is 5.54. The topological polar surface area (TPSA) is 111 Å². The number of hydrogen-bond acceptors (Lipinski definition) is 6. The molecule has 0 atom stereocenters. The van der Waals surface area contributed by atoms with Crippen LogP contribution in [-0.4, -0.2) is 106 Å². The van der Waals surface area contributed by atoms with E-state index in [0.717, 1.165) is 5.69 Å². The van der Waals surface area contributed by atoms with Gasteiger partial charge in [0.25, 0.3) is 0 Å². The highest BCUT2D eigenvalue weighted by Crippen LogP contribution is 2.07. The summed E-state index contributed by atoms with van der Waals surface area (Å²) in [7, 11) is -3.39. The lowest BCUT2D eigenvalue weighted by Crippen LogP contribution is -2.53. The second kappa shape index (κ2) is 10.7. The molecule has 1 aromatic carbocycles. The first kappa shape index (κ1) is 22.5. The third-order valence-corrected chi connectivity index (χ3v) is 6.96. The first-order valence-electron chi connectivity index (χ1n) is 10.1. The molecule has 2 aliphatic heterocycles. The van der Waals surface area contributed by atoms with Gasteiger partial charge >= 0.3 is 6.03 Å². The molecule has 11 heteroatoms. The van der Waals surface area contributed by atoms with Gasteiger partial charge in [0.05, 0.1) is 25.5 Å². The van der Waals surface area contributed by atoms with Gasteiger partial charge in [-0.05, 0) is 12.1 Å². The Hall–Kier alpha value is -2.21. The fraction of sp³-hybridized carbons (Fsp3) is 0.579. The lowest BCUT2D eigenvalue weighted by Gasteiger charge is -2.34. The van der Waals surface area contributed by atoms with Gasteiger partial charge in [-0.3, -0.25) is 9.69 Å². The second-order valence-electron chi connectivity index (χ2n) is 7.24. The first-order chi connectivity index (χ1) is 14.4. The fourth-order valence-corrected chi connectivity index (χ4v) is 4.71. The van der Waals surface area contributed by atoms with Crippen molar-refractivity contribution in [3.8, 4) is 0 Å². The number of nitrogens with one attached hydrogen (secondary N) is 2. The zero-order valence-electron chi connectivity index (χ0n) is 17.0. The van der Waals surface area contributed by atoms with Gasteiger partial charge < -0.3 is 20.3 Å². The third kappa shape index (κ3) is 6.66. The van der Waals surface area contributed by atoms with Crippen LogP contribution in [0.5, 0.6) is 0 Å². The number of urea groups is 1. The highest BCUT2D eigenvalue weighted by molar-refractivity contribution is 7.89. The number of piperazine rings is 1. The van der Waals surface area contributed by atoms with Gasteiger partial charge in [-0.1, -0.05) is 18.2 Å². The minimum atomic E-state index is -3.39. The van der Waals surface area contributed by atoms with Crippen LogP contribution in [0, 0.1) is 0 Å². The van der Waals surface area contributed by atoms with Crippen LogP contribution in [0.15, 0.2) is 30.3 Å². The van der Waals surface area contributed by atoms with E-state index in [4.69, 9.17) is 4.74 Å². The van der Waals surface area contributed by atoms with Gasteiger partial charge in [-0.15, -0.1) is 0 Å². The van der Waals surface area contributed by atoms with Gasteiger partial charge in [0.15, 0.2) is 0 Å². The number of carbonyl (C=O) groups is 2. The molecule has 2 heterocycles. The summed E-state index contributed by atoms with van der Waals surface area (Å²) in [5.74, 6) is -0.217. The van der Waals surface area contributed by atoms with Crippen LogP contribution in [-0.2, 0) is 19.6 Å². The van der Waals surface area contributed by atoms with Gasteiger partial charge in [0, 0.05) is 51.5 Å². The molecular weight excluding hydrogens is 410 g/mol. The van der Waals surface area contributed by atoms with Crippen LogP contribution in [0.2, 0.25) is 0 Å². The van der Waals surface area contributed by atoms with E-state index >= 15 is 0 Å². The molecule has 2 saturated heterocycles. The predicted octanol–water partition coefficient (Wildman–Crippen LogP) is -0.386. The summed E-state index contributed by atoms with van der Waals surface area (Å²) in [6.07, 6.45) is 0. The van der Waals surface area contributed by atoms with Crippen LogP contribution in [0.3, 0.4) is 0 Å². The standard InChI is InChI=1S/C19H29N5O5S/c25-18(21-17-4-2-1-3-5-17)16-22-7-9-23(10-8-22)19(26)20-6-15-30(27,28)24-11-13-29-14-12-24/h1-5H,6-16H2,(H,20,26)(H,21,25). The number of amides is 3. The molecule has 3 rings (SSSR count). The van der Waals surface area contributed by atoms with Gasteiger partial charge in [0.2, 0.25) is 15.9 Å². The molecule has 166 valence electrons. The molecule has 3 amide bonds. The maximum absolute atomic E-state index is 12.3. The SMILES string of the molecule is O=C(CN1CCN(C(=O)NCCS(=O)(=O)N2CCOCC2)CC1)Nc1ccccc1. The lowest BCUT2D eigenvalue weighted by atomic mass is 10.3. The Morgan fingerprint density at radius 1 is 0.967 bits per heavy atom. The average Bonchev–Trinajstić information content (AvgIpc) is 2.75. The van der Waals surface area contributed by atoms with Crippen LogP contribution >= 0.6 is 0 Å². The Morgan fingerprint density at radius 2 is 1.63 bits per heavy atom. The van der Waals surface area contributed by atoms with Crippen molar-refractivity contribution in [2.24, 2.45) is 0 Å². The zero-order valence-corrected chi connectivity index (χ0v) is 17.8. The summed E-state index contributed by atoms with van der Waals surface area (Å²) in [6.45, 7) is 4.00. The largest absolute Gasteiger partial charge is 0.379 e. The normalized spacial score (nSPS) is 18.7. The van der Waals surface area contributed by atoms with Crippen LogP contribution < -0.4 is 10.6 Å². The van der Waals surface area contributed by atoms with E-state index in [-0.39, 0.29) is 30.8 Å². The number of sulfonamides is 1. The first-order valence-corrected chi connectivity index (χ1v) is 11.7. The maximum atomic E-state index is 12.3. The Kier molecular flexibility index (Phi) is 8.02. The quantitative estimate of drug-likeness (QED) is 0.599. The van der Waals surface area contributed by atoms with Crippen LogP contribution in [0.25, 0.3) is 0 Å². The van der Waals surface area contributed by atoms with Crippen molar-refractivity contribution in [1.82, 2.24) is 19.4 Å². The van der Waals surface area contributed by atoms with E-state index in [1.54, 1.807) is 4.90 Å². The molecule has 0 radical (unpaired) electrons. The van der Waals surface area contributed by atoms with E-state index < -0.39 is 10.0 Å². The highest BCUT2D eigenvalue weighted by Gasteiger charge is 2.25. The molecule has 0 unspecified atom stereocenters.